The summed E-state index contributed by atoms with van der Waals surface area (Å²) in [4.78, 5) is 4.54. The summed E-state index contributed by atoms with van der Waals surface area (Å²) in [6.45, 7) is 6.74. The van der Waals surface area contributed by atoms with Gasteiger partial charge in [-0.2, -0.15) is 0 Å². The average Bonchev–Trinajstić information content (AvgIpc) is 2.97. The fourth-order valence-electron chi connectivity index (χ4n) is 2.40. The van der Waals surface area contributed by atoms with Gasteiger partial charge in [-0.3, -0.25) is 0 Å². The number of rotatable bonds is 6. The Morgan fingerprint density at radius 2 is 1.91 bits per heavy atom. The van der Waals surface area contributed by atoms with E-state index in [1.807, 2.05) is 57.2 Å². The number of anilines is 1. The second-order valence-electron chi connectivity index (χ2n) is 5.95. The van der Waals surface area contributed by atoms with E-state index in [2.05, 4.69) is 22.4 Å². The molecule has 3 aromatic rings. The van der Waals surface area contributed by atoms with Gasteiger partial charge in [-0.1, -0.05) is 24.3 Å². The molecule has 4 heteroatoms. The van der Waals surface area contributed by atoms with Crippen LogP contribution in [0.25, 0.3) is 11.1 Å². The number of para-hydroxylation sites is 2. The lowest BCUT2D eigenvalue weighted by Crippen LogP contribution is -2.07. The van der Waals surface area contributed by atoms with Crippen LogP contribution in [-0.4, -0.2) is 11.1 Å². The quantitative estimate of drug-likeness (QED) is 0.701. The molecule has 2 aromatic carbocycles. The third-order valence-corrected chi connectivity index (χ3v) is 3.57. The van der Waals surface area contributed by atoms with Gasteiger partial charge >= 0.3 is 0 Å². The fraction of sp³-hybridized carbons (Fsp3) is 0.316. The lowest BCUT2D eigenvalue weighted by atomic mass is 10.2. The summed E-state index contributed by atoms with van der Waals surface area (Å²) in [6.07, 6.45) is 0.227. The molecule has 1 unspecified atom stereocenters. The molecule has 1 N–H and O–H groups in total. The van der Waals surface area contributed by atoms with E-state index in [0.717, 1.165) is 22.4 Å². The maximum absolute atomic E-state index is 5.81. The third kappa shape index (κ3) is 3.90. The van der Waals surface area contributed by atoms with Crippen molar-refractivity contribution >= 4 is 16.8 Å². The fourth-order valence-corrected chi connectivity index (χ4v) is 2.40. The molecule has 1 heterocycles. The lowest BCUT2D eigenvalue weighted by Gasteiger charge is -2.13. The molecule has 120 valence electrons. The van der Waals surface area contributed by atoms with Crippen molar-refractivity contribution in [1.82, 2.24) is 4.98 Å². The smallest absolute Gasteiger partial charge is 0.217 e. The van der Waals surface area contributed by atoms with E-state index in [1.54, 1.807) is 0 Å². The molecule has 0 saturated heterocycles. The zero-order valence-corrected chi connectivity index (χ0v) is 13.7. The van der Waals surface area contributed by atoms with E-state index in [1.165, 1.54) is 0 Å². The predicted octanol–water partition coefficient (Wildman–Crippen LogP) is 4.93. The highest BCUT2D eigenvalue weighted by Gasteiger charge is 2.13. The highest BCUT2D eigenvalue weighted by molar-refractivity contribution is 5.72. The number of fused-ring (bicyclic) bond motifs is 1. The van der Waals surface area contributed by atoms with Gasteiger partial charge in [0, 0.05) is 5.69 Å². The van der Waals surface area contributed by atoms with E-state index in [4.69, 9.17) is 9.15 Å². The highest BCUT2D eigenvalue weighted by atomic mass is 16.5. The van der Waals surface area contributed by atoms with E-state index in [0.29, 0.717) is 12.5 Å². The van der Waals surface area contributed by atoms with E-state index < -0.39 is 0 Å². The van der Waals surface area contributed by atoms with Crippen LogP contribution in [0, 0.1) is 0 Å². The zero-order chi connectivity index (χ0) is 16.2. The summed E-state index contributed by atoms with van der Waals surface area (Å²) in [7, 11) is 0. The molecule has 0 aliphatic heterocycles. The minimum Gasteiger partial charge on any atom is -0.438 e. The van der Waals surface area contributed by atoms with Crippen molar-refractivity contribution in [3.05, 3.63) is 60.0 Å². The molecule has 0 saturated carbocycles. The normalized spacial score (nSPS) is 12.7. The standard InChI is InChI=1S/C19H22N2O2/c1-13(2)22-12-15-7-6-8-16(11-15)20-14(3)19-21-17-9-4-5-10-18(17)23-19/h4-11,13-14,20H,12H2,1-3H3. The van der Waals surface area contributed by atoms with Gasteiger partial charge in [0.2, 0.25) is 5.89 Å². The molecular weight excluding hydrogens is 288 g/mol. The molecule has 0 amide bonds. The molecule has 1 atom stereocenters. The molecule has 23 heavy (non-hydrogen) atoms. The molecular formula is C19H22N2O2. The Morgan fingerprint density at radius 3 is 2.70 bits per heavy atom. The van der Waals surface area contributed by atoms with Crippen LogP contribution in [0.2, 0.25) is 0 Å². The van der Waals surface area contributed by atoms with Crippen LogP contribution in [0.3, 0.4) is 0 Å². The van der Waals surface area contributed by atoms with Crippen LogP contribution in [0.4, 0.5) is 5.69 Å². The summed E-state index contributed by atoms with van der Waals surface area (Å²) < 4.78 is 11.5. The van der Waals surface area contributed by atoms with Gasteiger partial charge in [0.15, 0.2) is 5.58 Å². The summed E-state index contributed by atoms with van der Waals surface area (Å²) in [5.74, 6) is 0.690. The first-order chi connectivity index (χ1) is 11.1. The first kappa shape index (κ1) is 15.6. The maximum Gasteiger partial charge on any atom is 0.217 e. The Kier molecular flexibility index (Phi) is 4.63. The van der Waals surface area contributed by atoms with Crippen molar-refractivity contribution in [1.29, 1.82) is 0 Å². The summed E-state index contributed by atoms with van der Waals surface area (Å²) in [6, 6.07) is 16.0. The number of hydrogen-bond acceptors (Lipinski definition) is 4. The van der Waals surface area contributed by atoms with Crippen molar-refractivity contribution in [2.75, 3.05) is 5.32 Å². The lowest BCUT2D eigenvalue weighted by molar-refractivity contribution is 0.0657. The van der Waals surface area contributed by atoms with Crippen molar-refractivity contribution < 1.29 is 9.15 Å². The first-order valence-corrected chi connectivity index (χ1v) is 7.94. The van der Waals surface area contributed by atoms with Crippen LogP contribution >= 0.6 is 0 Å². The van der Waals surface area contributed by atoms with E-state index >= 15 is 0 Å². The topological polar surface area (TPSA) is 47.3 Å². The predicted molar refractivity (Wildman–Crippen MR) is 92.4 cm³/mol. The van der Waals surface area contributed by atoms with Gasteiger partial charge in [0.25, 0.3) is 0 Å². The monoisotopic (exact) mass is 310 g/mol. The summed E-state index contributed by atoms with van der Waals surface area (Å²) in [5, 5.41) is 3.44. The number of nitrogens with one attached hydrogen (secondary N) is 1. The maximum atomic E-state index is 5.81. The molecule has 0 spiro atoms. The zero-order valence-electron chi connectivity index (χ0n) is 13.7. The van der Waals surface area contributed by atoms with Crippen LogP contribution < -0.4 is 5.32 Å². The van der Waals surface area contributed by atoms with Crippen molar-refractivity contribution in [3.63, 3.8) is 0 Å². The van der Waals surface area contributed by atoms with E-state index in [-0.39, 0.29) is 12.1 Å². The van der Waals surface area contributed by atoms with Crippen molar-refractivity contribution in [3.8, 4) is 0 Å². The second-order valence-corrected chi connectivity index (χ2v) is 5.95. The average molecular weight is 310 g/mol. The molecule has 0 radical (unpaired) electrons. The van der Waals surface area contributed by atoms with Crippen LogP contribution in [-0.2, 0) is 11.3 Å². The Labute approximate surface area is 136 Å². The number of ether oxygens (including phenoxy) is 1. The van der Waals surface area contributed by atoms with Gasteiger partial charge in [0.05, 0.1) is 12.7 Å². The SMILES string of the molecule is CC(C)OCc1cccc(NC(C)c2nc3ccccc3o2)c1. The third-order valence-electron chi connectivity index (χ3n) is 3.57. The minimum atomic E-state index is -0.0105. The van der Waals surface area contributed by atoms with Crippen LogP contribution in [0.5, 0.6) is 0 Å². The molecule has 4 nitrogen and oxygen atoms in total. The highest BCUT2D eigenvalue weighted by Crippen LogP contribution is 2.23. The van der Waals surface area contributed by atoms with Crippen molar-refractivity contribution in [2.45, 2.75) is 39.5 Å². The number of nitrogens with zero attached hydrogens (tertiary/aromatic N) is 1. The Bertz CT molecular complexity index is 747. The molecule has 3 rings (SSSR count). The van der Waals surface area contributed by atoms with Gasteiger partial charge < -0.3 is 14.5 Å². The minimum absolute atomic E-state index is 0.0105. The summed E-state index contributed by atoms with van der Waals surface area (Å²) >= 11 is 0. The van der Waals surface area contributed by atoms with Crippen LogP contribution in [0.1, 0.15) is 38.3 Å². The number of aromatic nitrogens is 1. The molecule has 0 fully saturated rings. The van der Waals surface area contributed by atoms with Gasteiger partial charge in [-0.05, 0) is 50.6 Å². The first-order valence-electron chi connectivity index (χ1n) is 7.94. The Balaban J connectivity index is 1.71. The number of benzene rings is 2. The number of oxazole rings is 1. The summed E-state index contributed by atoms with van der Waals surface area (Å²) in [5.41, 5.74) is 3.88. The molecule has 0 aliphatic carbocycles. The van der Waals surface area contributed by atoms with Gasteiger partial charge in [-0.25, -0.2) is 4.98 Å². The molecule has 1 aromatic heterocycles. The van der Waals surface area contributed by atoms with Gasteiger partial charge in [0.1, 0.15) is 11.6 Å². The second kappa shape index (κ2) is 6.84. The molecule has 0 aliphatic rings. The van der Waals surface area contributed by atoms with E-state index in [9.17, 15) is 0 Å². The largest absolute Gasteiger partial charge is 0.438 e. The molecule has 0 bridgehead atoms. The Hall–Kier alpha value is -2.33. The van der Waals surface area contributed by atoms with Crippen LogP contribution in [0.15, 0.2) is 52.9 Å². The van der Waals surface area contributed by atoms with Crippen molar-refractivity contribution in [2.24, 2.45) is 0 Å². The number of hydrogen-bond donors (Lipinski definition) is 1. The Morgan fingerprint density at radius 1 is 1.09 bits per heavy atom. The van der Waals surface area contributed by atoms with Gasteiger partial charge in [-0.15, -0.1) is 0 Å².